The zero-order valence-corrected chi connectivity index (χ0v) is 17.1. The van der Waals surface area contributed by atoms with Gasteiger partial charge in [-0.2, -0.15) is 0 Å². The molecule has 0 amide bonds. The molecule has 0 saturated heterocycles. The molecule has 0 aromatic heterocycles. The molecule has 0 bridgehead atoms. The van der Waals surface area contributed by atoms with Gasteiger partial charge in [-0.1, -0.05) is 0 Å². The molecule has 3 aromatic rings. The molecule has 0 aliphatic heterocycles. The summed E-state index contributed by atoms with van der Waals surface area (Å²) in [5.74, 6) is 0.691. The second-order valence-corrected chi connectivity index (χ2v) is 9.18. The summed E-state index contributed by atoms with van der Waals surface area (Å²) in [5.41, 5.74) is 5.04. The van der Waals surface area contributed by atoms with E-state index in [1.807, 2.05) is 0 Å². The fourth-order valence-electron chi connectivity index (χ4n) is 2.85. The topological polar surface area (TPSA) is 3.24 Å². The van der Waals surface area contributed by atoms with Crippen molar-refractivity contribution < 1.29 is 0 Å². The van der Waals surface area contributed by atoms with E-state index in [0.717, 1.165) is 0 Å². The average molecular weight is 548 g/mol. The van der Waals surface area contributed by atoms with Crippen LogP contribution in [-0.4, -0.2) is 0 Å². The molecule has 1 atom stereocenters. The van der Waals surface area contributed by atoms with Gasteiger partial charge in [-0.05, 0) is 0 Å². The van der Waals surface area contributed by atoms with Gasteiger partial charge in [0.05, 0.1) is 0 Å². The number of anilines is 3. The number of hydrogen-bond donors (Lipinski definition) is 0. The molecule has 0 fully saturated rings. The predicted octanol–water partition coefficient (Wildman–Crippen LogP) is 6.81. The normalized spacial score (nSPS) is 11.6. The summed E-state index contributed by atoms with van der Waals surface area (Å²) in [6.45, 7) is 3.76. The minimum absolute atomic E-state index is 0.135. The molecule has 0 aliphatic carbocycles. The van der Waals surface area contributed by atoms with Crippen LogP contribution in [0.2, 0.25) is 14.4 Å². The Morgan fingerprint density at radius 3 is 1.62 bits per heavy atom. The van der Waals surface area contributed by atoms with Gasteiger partial charge in [-0.25, -0.2) is 0 Å². The van der Waals surface area contributed by atoms with E-state index in [2.05, 4.69) is 104 Å². The Hall–Kier alpha value is -3.54. The Morgan fingerprint density at radius 1 is 0.708 bits per heavy atom. The fraction of sp³-hybridized carbons (Fsp3) is 0.182. The zero-order chi connectivity index (χ0) is 16.8. The van der Waals surface area contributed by atoms with Crippen molar-refractivity contribution >= 4 is 17.1 Å². The summed E-state index contributed by atoms with van der Waals surface area (Å²) in [5, 5.41) is 0. The molecule has 24 heavy (non-hydrogen) atoms. The second kappa shape index (κ2) is 7.15. The Morgan fingerprint density at radius 2 is 1.17 bits per heavy atom. The van der Waals surface area contributed by atoms with Crippen LogP contribution in [0, 0.1) is 0 Å². The van der Waals surface area contributed by atoms with Crippen molar-refractivity contribution in [3.05, 3.63) is 90.5 Å². The van der Waals surface area contributed by atoms with E-state index >= 15 is 0 Å². The molecule has 0 spiro atoms. The van der Waals surface area contributed by atoms with Crippen molar-refractivity contribution in [1.82, 2.24) is 0 Å². The van der Waals surface area contributed by atoms with Crippen molar-refractivity contribution in [2.24, 2.45) is 0 Å². The van der Waals surface area contributed by atoms with Crippen LogP contribution < -0.4 is 4.90 Å². The first-order chi connectivity index (χ1) is 11.8. The quantitative estimate of drug-likeness (QED) is 0.327. The molecule has 0 heterocycles. The molecule has 3 aromatic carbocycles. The molecule has 0 radical (unpaired) electrons. The summed E-state index contributed by atoms with van der Waals surface area (Å²) >= 11 is 0. The number of para-hydroxylation sites is 2. The Balaban J connectivity index is 1.97. The molecule has 1 unspecified atom stereocenters. The average Bonchev–Trinajstić information content (AvgIpc) is 2.64. The standard InChI is InChI=1S/C21H20N.CH3.Cm/c1-17(2)18-13-15-21(16-14-18)22(19-9-5-3-6-10-19)20-11-7-4-8-12-20;;/h3-17H,1H2,2H3;1H3;. The van der Waals surface area contributed by atoms with Crippen molar-refractivity contribution in [3.8, 4) is 0 Å². The molecular formula is C22H23CmN. The van der Waals surface area contributed by atoms with Crippen LogP contribution in [0.4, 0.5) is 17.1 Å². The number of rotatable bonds is 6. The maximum absolute atomic E-state index is 2.42. The van der Waals surface area contributed by atoms with Crippen molar-refractivity contribution in [2.75, 3.05) is 4.90 Å². The van der Waals surface area contributed by atoms with E-state index < -0.39 is 0 Å². The van der Waals surface area contributed by atoms with Crippen LogP contribution in [0.3, 0.4) is 0 Å². The summed E-state index contributed by atoms with van der Waals surface area (Å²) < 4.78 is -0.135. The van der Waals surface area contributed by atoms with Gasteiger partial charge in [0.15, 0.2) is 0 Å². The van der Waals surface area contributed by atoms with Gasteiger partial charge in [0, 0.05) is 0 Å². The molecule has 3 rings (SSSR count). The second-order valence-electron chi connectivity index (χ2n) is 5.89. The van der Waals surface area contributed by atoms with E-state index in [0.29, 0.717) is 5.92 Å². The minimum atomic E-state index is -0.135. The van der Waals surface area contributed by atoms with Crippen LogP contribution in [0.25, 0.3) is 0 Å². The van der Waals surface area contributed by atoms with Crippen LogP contribution in [0.15, 0.2) is 84.9 Å². The third-order valence-electron chi connectivity index (χ3n) is 4.11. The first-order valence-electron chi connectivity index (χ1n) is 8.19. The molecule has 2 heteroatoms. The fourth-order valence-corrected chi connectivity index (χ4v) is 5.35. The third kappa shape index (κ3) is 3.27. The number of benzene rings is 3. The monoisotopic (exact) mass is 544 g/mol. The van der Waals surface area contributed by atoms with Gasteiger partial charge < -0.3 is 0 Å². The molecule has 124 valence electrons. The Kier molecular flexibility index (Phi) is 4.57. The van der Waals surface area contributed by atoms with Crippen LogP contribution in [-0.2, 0) is 0 Å². The first kappa shape index (κ1) is 15.4. The molecule has 0 saturated carbocycles. The van der Waals surface area contributed by atoms with Crippen molar-refractivity contribution in [2.45, 2.75) is 27.2 Å². The van der Waals surface area contributed by atoms with Crippen LogP contribution >= 0.6 is 0 Å². The van der Waals surface area contributed by atoms with Gasteiger partial charge in [-0.3, -0.25) is 0 Å². The molecular weight excluding hydrogens is 525 g/mol. The Labute approximate surface area is 140 Å². The summed E-state index contributed by atoms with van der Waals surface area (Å²) in [7, 11) is 2.42. The summed E-state index contributed by atoms with van der Waals surface area (Å²) in [6.07, 6.45) is 0. The van der Waals surface area contributed by atoms with E-state index in [4.69, 9.17) is 0 Å². The third-order valence-corrected chi connectivity index (χ3v) is 7.11. The zero-order valence-electron chi connectivity index (χ0n) is 14.2. The molecule has 1 nitrogen and oxygen atoms in total. The van der Waals surface area contributed by atoms with Crippen molar-refractivity contribution in [3.63, 3.8) is 0 Å². The van der Waals surface area contributed by atoms with Gasteiger partial charge in [0.25, 0.3) is 0 Å². The molecule has 0 N–H and O–H groups in total. The van der Waals surface area contributed by atoms with E-state index in [9.17, 15) is 0 Å². The number of hydrogen-bond acceptors (Lipinski definition) is 1. The van der Waals surface area contributed by atoms with Gasteiger partial charge in [0.1, 0.15) is 0 Å². The van der Waals surface area contributed by atoms with Crippen molar-refractivity contribution in [1.29, 1.82) is 0 Å². The maximum atomic E-state index is 2.42. The van der Waals surface area contributed by atoms with Gasteiger partial charge in [0.2, 0.25) is 0 Å². The first-order valence-corrected chi connectivity index (χ1v) is 13.2. The van der Waals surface area contributed by atoms with E-state index in [1.165, 1.54) is 29.5 Å². The van der Waals surface area contributed by atoms with Gasteiger partial charge in [-0.15, -0.1) is 0 Å². The van der Waals surface area contributed by atoms with Gasteiger partial charge >= 0.3 is 140 Å². The summed E-state index contributed by atoms with van der Waals surface area (Å²) in [4.78, 5) is 2.31. The summed E-state index contributed by atoms with van der Waals surface area (Å²) in [6, 6.07) is 30.2. The predicted molar refractivity (Wildman–Crippen MR) is 100 cm³/mol. The Bertz CT molecular complexity index is 698. The SMILES string of the molecule is [CH3][Cm][CH2]C(C)c1ccc(N(c2ccccc2)c2ccccc2)cc1. The van der Waals surface area contributed by atoms with Crippen LogP contribution in [0.5, 0.6) is 0 Å². The van der Waals surface area contributed by atoms with E-state index in [-0.39, 0.29) is 0 Å². The number of nitrogens with zero attached hydrogens (tertiary/aromatic N) is 1. The van der Waals surface area contributed by atoms with E-state index in [1.54, 1.807) is 0 Å². The van der Waals surface area contributed by atoms with Crippen LogP contribution in [0.1, 0.15) is 18.4 Å². The molecule has 0 aliphatic rings.